The van der Waals surface area contributed by atoms with Crippen LogP contribution in [0, 0.1) is 0 Å². The molecule has 0 saturated heterocycles. The number of benzene rings is 1. The van der Waals surface area contributed by atoms with E-state index in [1.165, 1.54) is 9.71 Å². The third kappa shape index (κ3) is 1.84. The van der Waals surface area contributed by atoms with E-state index >= 15 is 0 Å². The topological polar surface area (TPSA) is 24.9 Å². The SMILES string of the molecule is CNc1cccc2sc(C(C)(C)C)nc12. The first kappa shape index (κ1) is 10.4. The molecule has 0 unspecified atom stereocenters. The summed E-state index contributed by atoms with van der Waals surface area (Å²) in [6, 6.07) is 6.26. The van der Waals surface area contributed by atoms with Crippen LogP contribution in [-0.4, -0.2) is 12.0 Å². The summed E-state index contributed by atoms with van der Waals surface area (Å²) in [5.41, 5.74) is 2.34. The Balaban J connectivity index is 2.65. The Hall–Kier alpha value is -1.09. The van der Waals surface area contributed by atoms with E-state index in [9.17, 15) is 0 Å². The van der Waals surface area contributed by atoms with Crippen LogP contribution in [0.25, 0.3) is 10.2 Å². The van der Waals surface area contributed by atoms with E-state index < -0.39 is 0 Å². The number of para-hydroxylation sites is 1. The summed E-state index contributed by atoms with van der Waals surface area (Å²) in [6.45, 7) is 6.59. The Labute approximate surface area is 94.3 Å². The molecular formula is C12H16N2S. The summed E-state index contributed by atoms with van der Waals surface area (Å²) < 4.78 is 1.26. The molecule has 0 atom stereocenters. The quantitative estimate of drug-likeness (QED) is 0.793. The Morgan fingerprint density at radius 1 is 1.27 bits per heavy atom. The zero-order valence-corrected chi connectivity index (χ0v) is 10.4. The van der Waals surface area contributed by atoms with Gasteiger partial charge in [-0.2, -0.15) is 0 Å². The number of thiazole rings is 1. The normalized spacial score (nSPS) is 12.0. The summed E-state index contributed by atoms with van der Waals surface area (Å²) >= 11 is 1.78. The summed E-state index contributed by atoms with van der Waals surface area (Å²) in [7, 11) is 1.94. The standard InChI is InChI=1S/C12H16N2S/c1-12(2,3)11-14-10-8(13-4)6-5-7-9(10)15-11/h5-7,13H,1-4H3. The summed E-state index contributed by atoms with van der Waals surface area (Å²) in [5.74, 6) is 0. The summed E-state index contributed by atoms with van der Waals surface area (Å²) in [5, 5.41) is 4.37. The van der Waals surface area contributed by atoms with Gasteiger partial charge in [-0.25, -0.2) is 4.98 Å². The minimum absolute atomic E-state index is 0.134. The Bertz CT molecular complexity index is 480. The van der Waals surface area contributed by atoms with Crippen LogP contribution in [0.4, 0.5) is 5.69 Å². The molecule has 3 heteroatoms. The molecule has 0 saturated carbocycles. The summed E-state index contributed by atoms with van der Waals surface area (Å²) in [4.78, 5) is 4.71. The highest BCUT2D eigenvalue weighted by molar-refractivity contribution is 7.18. The molecule has 1 aromatic carbocycles. The molecule has 2 nitrogen and oxygen atoms in total. The molecule has 0 bridgehead atoms. The minimum Gasteiger partial charge on any atom is -0.386 e. The first-order chi connectivity index (χ1) is 7.02. The molecular weight excluding hydrogens is 204 g/mol. The van der Waals surface area contributed by atoms with Gasteiger partial charge in [0.05, 0.1) is 15.4 Å². The number of nitrogens with zero attached hydrogens (tertiary/aromatic N) is 1. The van der Waals surface area contributed by atoms with E-state index in [2.05, 4.69) is 44.3 Å². The third-order valence-electron chi connectivity index (χ3n) is 2.33. The van der Waals surface area contributed by atoms with Crippen molar-refractivity contribution in [3.63, 3.8) is 0 Å². The maximum absolute atomic E-state index is 4.71. The molecule has 0 spiro atoms. The van der Waals surface area contributed by atoms with Crippen LogP contribution >= 0.6 is 11.3 Å². The van der Waals surface area contributed by atoms with Crippen molar-refractivity contribution < 1.29 is 0 Å². The lowest BCUT2D eigenvalue weighted by atomic mass is 9.98. The molecule has 0 aliphatic carbocycles. The van der Waals surface area contributed by atoms with Crippen LogP contribution in [0.5, 0.6) is 0 Å². The van der Waals surface area contributed by atoms with E-state index in [1.807, 2.05) is 7.05 Å². The van der Waals surface area contributed by atoms with Gasteiger partial charge >= 0.3 is 0 Å². The van der Waals surface area contributed by atoms with Crippen molar-refractivity contribution in [2.75, 3.05) is 12.4 Å². The van der Waals surface area contributed by atoms with Crippen LogP contribution in [-0.2, 0) is 5.41 Å². The average Bonchev–Trinajstić information content (AvgIpc) is 2.59. The van der Waals surface area contributed by atoms with Crippen molar-refractivity contribution in [1.82, 2.24) is 4.98 Å². The number of nitrogens with one attached hydrogen (secondary N) is 1. The van der Waals surface area contributed by atoms with E-state index in [0.29, 0.717) is 0 Å². The van der Waals surface area contributed by atoms with Gasteiger partial charge in [-0.3, -0.25) is 0 Å². The number of anilines is 1. The van der Waals surface area contributed by atoms with E-state index in [0.717, 1.165) is 11.2 Å². The van der Waals surface area contributed by atoms with Gasteiger partial charge in [0.15, 0.2) is 0 Å². The van der Waals surface area contributed by atoms with Crippen LogP contribution in [0.2, 0.25) is 0 Å². The molecule has 2 rings (SSSR count). The van der Waals surface area contributed by atoms with Gasteiger partial charge in [0.2, 0.25) is 0 Å². The van der Waals surface area contributed by atoms with Gasteiger partial charge in [-0.1, -0.05) is 26.8 Å². The Kier molecular flexibility index (Phi) is 2.43. The van der Waals surface area contributed by atoms with Gasteiger partial charge in [-0.15, -0.1) is 11.3 Å². The van der Waals surface area contributed by atoms with Crippen molar-refractivity contribution >= 4 is 27.2 Å². The molecule has 1 heterocycles. The van der Waals surface area contributed by atoms with Gasteiger partial charge in [0, 0.05) is 12.5 Å². The molecule has 1 N–H and O–H groups in total. The van der Waals surface area contributed by atoms with Crippen molar-refractivity contribution in [3.05, 3.63) is 23.2 Å². The fraction of sp³-hybridized carbons (Fsp3) is 0.417. The van der Waals surface area contributed by atoms with E-state index in [-0.39, 0.29) is 5.41 Å². The van der Waals surface area contributed by atoms with Gasteiger partial charge in [-0.05, 0) is 12.1 Å². The van der Waals surface area contributed by atoms with E-state index in [4.69, 9.17) is 4.98 Å². The number of fused-ring (bicyclic) bond motifs is 1. The highest BCUT2D eigenvalue weighted by Crippen LogP contribution is 2.33. The second-order valence-electron chi connectivity index (χ2n) is 4.67. The lowest BCUT2D eigenvalue weighted by Gasteiger charge is -2.13. The van der Waals surface area contributed by atoms with Crippen molar-refractivity contribution in [2.24, 2.45) is 0 Å². The number of hydrogen-bond acceptors (Lipinski definition) is 3. The van der Waals surface area contributed by atoms with Gasteiger partial charge < -0.3 is 5.32 Å². The summed E-state index contributed by atoms with van der Waals surface area (Å²) in [6.07, 6.45) is 0. The van der Waals surface area contributed by atoms with Crippen molar-refractivity contribution in [2.45, 2.75) is 26.2 Å². The molecule has 0 aliphatic rings. The Morgan fingerprint density at radius 2 is 2.00 bits per heavy atom. The fourth-order valence-electron chi connectivity index (χ4n) is 1.47. The molecule has 0 aliphatic heterocycles. The van der Waals surface area contributed by atoms with Crippen molar-refractivity contribution in [3.8, 4) is 0 Å². The smallest absolute Gasteiger partial charge is 0.105 e. The molecule has 80 valence electrons. The first-order valence-corrected chi connectivity index (χ1v) is 5.92. The highest BCUT2D eigenvalue weighted by Gasteiger charge is 2.19. The Morgan fingerprint density at radius 3 is 2.60 bits per heavy atom. The molecule has 1 aromatic heterocycles. The molecule has 0 radical (unpaired) electrons. The molecule has 15 heavy (non-hydrogen) atoms. The van der Waals surface area contributed by atoms with Crippen LogP contribution in [0.1, 0.15) is 25.8 Å². The molecule has 2 aromatic rings. The predicted octanol–water partition coefficient (Wildman–Crippen LogP) is 3.64. The monoisotopic (exact) mass is 220 g/mol. The number of aromatic nitrogens is 1. The first-order valence-electron chi connectivity index (χ1n) is 5.10. The van der Waals surface area contributed by atoms with E-state index in [1.54, 1.807) is 11.3 Å². The van der Waals surface area contributed by atoms with Crippen LogP contribution in [0.15, 0.2) is 18.2 Å². The number of hydrogen-bond donors (Lipinski definition) is 1. The maximum Gasteiger partial charge on any atom is 0.105 e. The average molecular weight is 220 g/mol. The maximum atomic E-state index is 4.71. The fourth-order valence-corrected chi connectivity index (χ4v) is 2.52. The van der Waals surface area contributed by atoms with Crippen LogP contribution in [0.3, 0.4) is 0 Å². The lowest BCUT2D eigenvalue weighted by Crippen LogP contribution is -2.09. The van der Waals surface area contributed by atoms with Gasteiger partial charge in [0.25, 0.3) is 0 Å². The molecule has 0 amide bonds. The van der Waals surface area contributed by atoms with Gasteiger partial charge in [0.1, 0.15) is 5.52 Å². The second-order valence-corrected chi connectivity index (χ2v) is 5.70. The zero-order chi connectivity index (χ0) is 11.1. The second kappa shape index (κ2) is 3.49. The van der Waals surface area contributed by atoms with Crippen LogP contribution < -0.4 is 5.32 Å². The minimum atomic E-state index is 0.134. The predicted molar refractivity (Wildman–Crippen MR) is 67.9 cm³/mol. The molecule has 0 fully saturated rings. The van der Waals surface area contributed by atoms with Crippen molar-refractivity contribution in [1.29, 1.82) is 0 Å². The third-order valence-corrected chi connectivity index (χ3v) is 3.78. The zero-order valence-electron chi connectivity index (χ0n) is 9.59. The number of rotatable bonds is 1. The largest absolute Gasteiger partial charge is 0.386 e. The highest BCUT2D eigenvalue weighted by atomic mass is 32.1. The lowest BCUT2D eigenvalue weighted by molar-refractivity contribution is 0.587.